The van der Waals surface area contributed by atoms with Crippen LogP contribution in [0.1, 0.15) is 48.3 Å². The van der Waals surface area contributed by atoms with Crippen molar-refractivity contribution in [2.45, 2.75) is 32.9 Å². The van der Waals surface area contributed by atoms with Crippen molar-refractivity contribution in [3.63, 3.8) is 0 Å². The number of benzene rings is 2. The Bertz CT molecular complexity index is 1130. The summed E-state index contributed by atoms with van der Waals surface area (Å²) < 4.78 is 45.7. The number of amides is 1. The van der Waals surface area contributed by atoms with E-state index in [0.717, 1.165) is 29.1 Å². The normalized spacial score (nSPS) is 12.3. The molecule has 1 heterocycles. The monoisotopic (exact) mass is 472 g/mol. The fourth-order valence-electron chi connectivity index (χ4n) is 3.44. The third kappa shape index (κ3) is 5.75. The molecule has 34 heavy (non-hydrogen) atoms. The van der Waals surface area contributed by atoms with Gasteiger partial charge in [-0.3, -0.25) is 9.78 Å². The van der Waals surface area contributed by atoms with E-state index in [2.05, 4.69) is 4.98 Å². The zero-order valence-electron chi connectivity index (χ0n) is 19.3. The Balaban J connectivity index is 1.91. The van der Waals surface area contributed by atoms with E-state index in [-0.39, 0.29) is 23.8 Å². The van der Waals surface area contributed by atoms with Gasteiger partial charge in [0, 0.05) is 30.3 Å². The van der Waals surface area contributed by atoms with Crippen LogP contribution >= 0.6 is 0 Å². The number of rotatable bonds is 8. The molecule has 3 rings (SSSR count). The number of carbonyl (C=O) groups excluding carboxylic acids is 1. The average molecular weight is 473 g/mol. The number of hydrogen-bond acceptors (Lipinski definition) is 4. The summed E-state index contributed by atoms with van der Waals surface area (Å²) in [6, 6.07) is 15.4. The molecule has 1 amide bonds. The summed E-state index contributed by atoms with van der Waals surface area (Å²) in [6.45, 7) is 6.12. The molecule has 3 aromatic rings. The van der Waals surface area contributed by atoms with Crippen LogP contribution in [0.2, 0.25) is 0 Å². The smallest absolute Gasteiger partial charge is 0.416 e. The van der Waals surface area contributed by atoms with Crippen molar-refractivity contribution in [2.75, 3.05) is 19.7 Å². The quantitative estimate of drug-likeness (QED) is 0.428. The van der Waals surface area contributed by atoms with Crippen LogP contribution in [-0.2, 0) is 6.18 Å². The number of hydrogen-bond donors (Lipinski definition) is 1. The largest absolute Gasteiger partial charge is 0.457 e. The summed E-state index contributed by atoms with van der Waals surface area (Å²) in [4.78, 5) is 18.9. The van der Waals surface area contributed by atoms with Crippen molar-refractivity contribution in [1.29, 1.82) is 0 Å². The first-order chi connectivity index (χ1) is 16.2. The summed E-state index contributed by atoms with van der Waals surface area (Å²) >= 11 is 0. The standard InChI is InChI=1S/C26H27F3N2O3/c1-4-31(5-2)25(33)21-15-19(26(27,28)29)11-14-24(21)34-20-12-9-18(10-13-20)23-8-6-7-22(30-23)17(3)16-32/h6-15,17,32H,4-5,16H2,1-3H3. The van der Waals surface area contributed by atoms with Crippen LogP contribution < -0.4 is 4.74 Å². The van der Waals surface area contributed by atoms with E-state index in [9.17, 15) is 23.1 Å². The van der Waals surface area contributed by atoms with Crippen LogP contribution in [-0.4, -0.2) is 40.6 Å². The van der Waals surface area contributed by atoms with E-state index in [1.54, 1.807) is 38.1 Å². The molecular weight excluding hydrogens is 445 g/mol. The Labute approximate surface area is 196 Å². The summed E-state index contributed by atoms with van der Waals surface area (Å²) in [6.07, 6.45) is -4.58. The molecule has 0 bridgehead atoms. The number of aliphatic hydroxyl groups is 1. The molecule has 0 radical (unpaired) electrons. The molecule has 5 nitrogen and oxygen atoms in total. The zero-order chi connectivity index (χ0) is 24.9. The van der Waals surface area contributed by atoms with Gasteiger partial charge in [-0.1, -0.05) is 13.0 Å². The lowest BCUT2D eigenvalue weighted by molar-refractivity contribution is -0.137. The van der Waals surface area contributed by atoms with Crippen molar-refractivity contribution in [3.8, 4) is 22.8 Å². The molecule has 180 valence electrons. The molecule has 1 aromatic heterocycles. The van der Waals surface area contributed by atoms with Crippen LogP contribution in [0.15, 0.2) is 60.7 Å². The first kappa shape index (κ1) is 25.2. The third-order valence-electron chi connectivity index (χ3n) is 5.52. The summed E-state index contributed by atoms with van der Waals surface area (Å²) in [5.74, 6) is -0.197. The van der Waals surface area contributed by atoms with Gasteiger partial charge >= 0.3 is 6.18 Å². The summed E-state index contributed by atoms with van der Waals surface area (Å²) in [5.41, 5.74) is 1.25. The number of aromatic nitrogens is 1. The summed E-state index contributed by atoms with van der Waals surface area (Å²) in [5, 5.41) is 9.37. The molecule has 0 spiro atoms. The van der Waals surface area contributed by atoms with Gasteiger partial charge in [0.15, 0.2) is 0 Å². The maximum atomic E-state index is 13.3. The lowest BCUT2D eigenvalue weighted by Crippen LogP contribution is -2.31. The van der Waals surface area contributed by atoms with Gasteiger partial charge in [-0.25, -0.2) is 0 Å². The van der Waals surface area contributed by atoms with Gasteiger partial charge in [-0.05, 0) is 68.4 Å². The Morgan fingerprint density at radius 1 is 1.06 bits per heavy atom. The fraction of sp³-hybridized carbons (Fsp3) is 0.308. The second-order valence-corrected chi connectivity index (χ2v) is 7.84. The van der Waals surface area contributed by atoms with E-state index in [0.29, 0.717) is 18.8 Å². The number of ether oxygens (including phenoxy) is 1. The van der Waals surface area contributed by atoms with Gasteiger partial charge in [0.25, 0.3) is 5.91 Å². The highest BCUT2D eigenvalue weighted by Gasteiger charge is 2.32. The predicted octanol–water partition coefficient (Wildman–Crippen LogP) is 6.14. The van der Waals surface area contributed by atoms with E-state index in [4.69, 9.17) is 4.74 Å². The van der Waals surface area contributed by atoms with Crippen LogP contribution in [0.3, 0.4) is 0 Å². The van der Waals surface area contributed by atoms with Crippen LogP contribution in [0.4, 0.5) is 13.2 Å². The number of aliphatic hydroxyl groups excluding tert-OH is 1. The van der Waals surface area contributed by atoms with Crippen molar-refractivity contribution >= 4 is 5.91 Å². The SMILES string of the molecule is CCN(CC)C(=O)c1cc(C(F)(F)F)ccc1Oc1ccc(-c2cccc(C(C)CO)n2)cc1. The molecule has 0 fully saturated rings. The first-order valence-electron chi connectivity index (χ1n) is 11.0. The van der Waals surface area contributed by atoms with Crippen molar-refractivity contribution in [1.82, 2.24) is 9.88 Å². The Morgan fingerprint density at radius 3 is 2.32 bits per heavy atom. The maximum absolute atomic E-state index is 13.3. The topological polar surface area (TPSA) is 62.7 Å². The lowest BCUT2D eigenvalue weighted by atomic mass is 10.1. The first-order valence-corrected chi connectivity index (χ1v) is 11.0. The van der Waals surface area contributed by atoms with Crippen LogP contribution in [0.25, 0.3) is 11.3 Å². The Morgan fingerprint density at radius 2 is 1.74 bits per heavy atom. The fourth-order valence-corrected chi connectivity index (χ4v) is 3.44. The molecule has 1 atom stereocenters. The molecule has 0 aliphatic rings. The molecule has 0 aliphatic carbocycles. The van der Waals surface area contributed by atoms with Crippen molar-refractivity contribution in [2.24, 2.45) is 0 Å². The summed E-state index contributed by atoms with van der Waals surface area (Å²) in [7, 11) is 0. The van der Waals surface area contributed by atoms with Crippen LogP contribution in [0.5, 0.6) is 11.5 Å². The van der Waals surface area contributed by atoms with E-state index >= 15 is 0 Å². The number of nitrogens with zero attached hydrogens (tertiary/aromatic N) is 2. The second-order valence-electron chi connectivity index (χ2n) is 7.84. The molecule has 0 saturated carbocycles. The minimum Gasteiger partial charge on any atom is -0.457 e. The molecule has 1 unspecified atom stereocenters. The highest BCUT2D eigenvalue weighted by Crippen LogP contribution is 2.35. The number of pyridine rings is 1. The molecular formula is C26H27F3N2O3. The molecule has 0 aliphatic heterocycles. The zero-order valence-corrected chi connectivity index (χ0v) is 19.3. The van der Waals surface area contributed by atoms with Gasteiger partial charge in [0.2, 0.25) is 0 Å². The van der Waals surface area contributed by atoms with E-state index in [1.165, 1.54) is 11.0 Å². The lowest BCUT2D eigenvalue weighted by Gasteiger charge is -2.21. The average Bonchev–Trinajstić information content (AvgIpc) is 2.84. The Kier molecular flexibility index (Phi) is 7.94. The van der Waals surface area contributed by atoms with Gasteiger partial charge in [-0.15, -0.1) is 0 Å². The second kappa shape index (κ2) is 10.7. The molecule has 2 aromatic carbocycles. The molecule has 0 saturated heterocycles. The molecule has 1 N–H and O–H groups in total. The number of halogens is 3. The van der Waals surface area contributed by atoms with Gasteiger partial charge in [0.05, 0.1) is 23.4 Å². The maximum Gasteiger partial charge on any atom is 0.416 e. The highest BCUT2D eigenvalue weighted by atomic mass is 19.4. The predicted molar refractivity (Wildman–Crippen MR) is 124 cm³/mol. The molecule has 8 heteroatoms. The number of carbonyl (C=O) groups is 1. The third-order valence-corrected chi connectivity index (χ3v) is 5.52. The van der Waals surface area contributed by atoms with Gasteiger partial charge in [-0.2, -0.15) is 13.2 Å². The van der Waals surface area contributed by atoms with Gasteiger partial charge in [0.1, 0.15) is 11.5 Å². The van der Waals surface area contributed by atoms with Gasteiger partial charge < -0.3 is 14.7 Å². The van der Waals surface area contributed by atoms with Crippen molar-refractivity contribution < 1.29 is 27.8 Å². The van der Waals surface area contributed by atoms with E-state index < -0.39 is 17.6 Å². The minimum absolute atomic E-state index is 0.00902. The van der Waals surface area contributed by atoms with Crippen LogP contribution in [0, 0.1) is 0 Å². The van der Waals surface area contributed by atoms with Crippen molar-refractivity contribution in [3.05, 3.63) is 77.5 Å². The van der Waals surface area contributed by atoms with E-state index in [1.807, 2.05) is 25.1 Å². The minimum atomic E-state index is -4.58. The highest BCUT2D eigenvalue weighted by molar-refractivity contribution is 5.97. The Hall–Kier alpha value is -3.39. The number of alkyl halides is 3.